The molecule has 1 N–H and O–H groups in total. The van der Waals surface area contributed by atoms with Crippen LogP contribution in [0.1, 0.15) is 17.2 Å². The molecule has 0 fully saturated rings. The highest BCUT2D eigenvalue weighted by atomic mass is 16.6. The molecule has 0 spiro atoms. The average Bonchev–Trinajstić information content (AvgIpc) is 2.53. The Kier molecular flexibility index (Phi) is 4.32. The Bertz CT molecular complexity index is 702. The van der Waals surface area contributed by atoms with Gasteiger partial charge in [0.15, 0.2) is 0 Å². The van der Waals surface area contributed by atoms with E-state index in [0.717, 1.165) is 11.3 Å². The number of nitrogens with zero attached hydrogens (tertiary/aromatic N) is 2. The summed E-state index contributed by atoms with van der Waals surface area (Å²) in [5.74, 6) is 0. The molecule has 0 aliphatic heterocycles. The van der Waals surface area contributed by atoms with E-state index < -0.39 is 4.92 Å². The Morgan fingerprint density at radius 1 is 1.29 bits per heavy atom. The van der Waals surface area contributed by atoms with Crippen molar-refractivity contribution in [2.45, 2.75) is 6.04 Å². The van der Waals surface area contributed by atoms with Crippen LogP contribution in [0.3, 0.4) is 0 Å². The number of anilines is 1. The number of nitriles is 1. The number of non-ortho nitro benzene ring substituents is 1. The van der Waals surface area contributed by atoms with E-state index >= 15 is 0 Å². The first-order valence-corrected chi connectivity index (χ1v) is 6.27. The zero-order valence-electron chi connectivity index (χ0n) is 11.2. The van der Waals surface area contributed by atoms with Gasteiger partial charge in [-0.2, -0.15) is 5.26 Å². The van der Waals surface area contributed by atoms with Gasteiger partial charge >= 0.3 is 0 Å². The van der Waals surface area contributed by atoms with Crippen LogP contribution < -0.4 is 5.32 Å². The van der Waals surface area contributed by atoms with Gasteiger partial charge in [0.2, 0.25) is 0 Å². The Balaban J connectivity index is 2.21. The van der Waals surface area contributed by atoms with Crippen LogP contribution in [0.2, 0.25) is 0 Å². The normalized spacial score (nSPS) is 11.2. The summed E-state index contributed by atoms with van der Waals surface area (Å²) in [6, 6.07) is 15.3. The van der Waals surface area contributed by atoms with Gasteiger partial charge in [0.25, 0.3) is 5.69 Å². The third kappa shape index (κ3) is 3.45. The van der Waals surface area contributed by atoms with Crippen LogP contribution in [-0.4, -0.2) is 4.92 Å². The standard InChI is InChI=1S/C16H13N3O2/c1-2-16(13-6-8-15(9-7-13)19(20)21)18-14-5-3-4-12(10-14)11-17/h2-10,16,18H,1H2. The maximum Gasteiger partial charge on any atom is 0.269 e. The van der Waals surface area contributed by atoms with Gasteiger partial charge in [-0.25, -0.2) is 0 Å². The van der Waals surface area contributed by atoms with Crippen LogP contribution in [0.25, 0.3) is 0 Å². The lowest BCUT2D eigenvalue weighted by molar-refractivity contribution is -0.384. The molecule has 0 saturated heterocycles. The summed E-state index contributed by atoms with van der Waals surface area (Å²) in [5.41, 5.74) is 2.26. The molecule has 2 rings (SSSR count). The van der Waals surface area contributed by atoms with E-state index in [0.29, 0.717) is 5.56 Å². The molecular formula is C16H13N3O2. The maximum atomic E-state index is 10.7. The van der Waals surface area contributed by atoms with E-state index in [1.165, 1.54) is 12.1 Å². The van der Waals surface area contributed by atoms with Crippen molar-refractivity contribution < 1.29 is 4.92 Å². The Morgan fingerprint density at radius 3 is 2.57 bits per heavy atom. The number of rotatable bonds is 5. The summed E-state index contributed by atoms with van der Waals surface area (Å²) in [6.07, 6.45) is 1.71. The van der Waals surface area contributed by atoms with Crippen molar-refractivity contribution in [3.63, 3.8) is 0 Å². The van der Waals surface area contributed by atoms with Crippen LogP contribution in [0.4, 0.5) is 11.4 Å². The third-order valence-electron chi connectivity index (χ3n) is 3.01. The van der Waals surface area contributed by atoms with Crippen molar-refractivity contribution in [2.75, 3.05) is 5.32 Å². The average molecular weight is 279 g/mol. The lowest BCUT2D eigenvalue weighted by Gasteiger charge is -2.16. The highest BCUT2D eigenvalue weighted by Crippen LogP contribution is 2.23. The largest absolute Gasteiger partial charge is 0.375 e. The van der Waals surface area contributed by atoms with Crippen molar-refractivity contribution in [1.82, 2.24) is 0 Å². The van der Waals surface area contributed by atoms with Gasteiger partial charge in [-0.15, -0.1) is 6.58 Å². The van der Waals surface area contributed by atoms with E-state index in [2.05, 4.69) is 18.0 Å². The quantitative estimate of drug-likeness (QED) is 0.513. The van der Waals surface area contributed by atoms with Crippen LogP contribution in [0.15, 0.2) is 61.2 Å². The third-order valence-corrected chi connectivity index (χ3v) is 3.01. The molecule has 21 heavy (non-hydrogen) atoms. The molecule has 0 heterocycles. The fourth-order valence-electron chi connectivity index (χ4n) is 1.94. The van der Waals surface area contributed by atoms with Gasteiger partial charge in [-0.3, -0.25) is 10.1 Å². The summed E-state index contributed by atoms with van der Waals surface area (Å²) in [4.78, 5) is 10.2. The topological polar surface area (TPSA) is 79.0 Å². The van der Waals surface area contributed by atoms with Gasteiger partial charge in [0.1, 0.15) is 0 Å². The number of benzene rings is 2. The van der Waals surface area contributed by atoms with Crippen molar-refractivity contribution >= 4 is 11.4 Å². The van der Waals surface area contributed by atoms with Crippen LogP contribution in [-0.2, 0) is 0 Å². The Morgan fingerprint density at radius 2 is 2.00 bits per heavy atom. The molecule has 1 atom stereocenters. The monoisotopic (exact) mass is 279 g/mol. The van der Waals surface area contributed by atoms with Crippen LogP contribution >= 0.6 is 0 Å². The van der Waals surface area contributed by atoms with Gasteiger partial charge in [0.05, 0.1) is 22.6 Å². The summed E-state index contributed by atoms with van der Waals surface area (Å²) < 4.78 is 0. The molecule has 2 aromatic rings. The lowest BCUT2D eigenvalue weighted by atomic mass is 10.1. The summed E-state index contributed by atoms with van der Waals surface area (Å²) in [6.45, 7) is 3.77. The van der Waals surface area contributed by atoms with Crippen molar-refractivity contribution in [3.05, 3.63) is 82.4 Å². The maximum absolute atomic E-state index is 10.7. The molecule has 0 aliphatic carbocycles. The molecule has 0 aliphatic rings. The number of hydrogen-bond acceptors (Lipinski definition) is 4. The smallest absolute Gasteiger partial charge is 0.269 e. The zero-order valence-corrected chi connectivity index (χ0v) is 11.2. The number of hydrogen-bond donors (Lipinski definition) is 1. The van der Waals surface area contributed by atoms with E-state index in [1.807, 2.05) is 6.07 Å². The minimum Gasteiger partial charge on any atom is -0.375 e. The second kappa shape index (κ2) is 6.35. The van der Waals surface area contributed by atoms with Crippen molar-refractivity contribution in [2.24, 2.45) is 0 Å². The molecule has 5 nitrogen and oxygen atoms in total. The number of nitro groups is 1. The van der Waals surface area contributed by atoms with Crippen molar-refractivity contribution in [1.29, 1.82) is 5.26 Å². The Labute approximate surface area is 122 Å². The molecule has 0 saturated carbocycles. The van der Waals surface area contributed by atoms with Gasteiger partial charge < -0.3 is 5.32 Å². The first-order valence-electron chi connectivity index (χ1n) is 6.27. The first-order chi connectivity index (χ1) is 10.1. The van der Waals surface area contributed by atoms with E-state index in [1.54, 1.807) is 36.4 Å². The molecule has 0 radical (unpaired) electrons. The fraction of sp³-hybridized carbons (Fsp3) is 0.0625. The molecule has 2 aromatic carbocycles. The summed E-state index contributed by atoms with van der Waals surface area (Å²) in [7, 11) is 0. The molecule has 104 valence electrons. The summed E-state index contributed by atoms with van der Waals surface area (Å²) >= 11 is 0. The fourth-order valence-corrected chi connectivity index (χ4v) is 1.94. The first kappa shape index (κ1) is 14.3. The predicted octanol–water partition coefficient (Wildman–Crippen LogP) is 3.81. The molecule has 5 heteroatoms. The highest BCUT2D eigenvalue weighted by Gasteiger charge is 2.10. The molecular weight excluding hydrogens is 266 g/mol. The van der Waals surface area contributed by atoms with Gasteiger partial charge in [-0.05, 0) is 35.9 Å². The molecule has 1 unspecified atom stereocenters. The SMILES string of the molecule is C=CC(Nc1cccc(C#N)c1)c1ccc([N+](=O)[O-])cc1. The highest BCUT2D eigenvalue weighted by molar-refractivity contribution is 5.52. The predicted molar refractivity (Wildman–Crippen MR) is 80.8 cm³/mol. The lowest BCUT2D eigenvalue weighted by Crippen LogP contribution is -2.08. The Hall–Kier alpha value is -3.13. The van der Waals surface area contributed by atoms with Gasteiger partial charge in [0, 0.05) is 17.8 Å². The molecule has 0 bridgehead atoms. The zero-order chi connectivity index (χ0) is 15.2. The van der Waals surface area contributed by atoms with E-state index in [4.69, 9.17) is 5.26 Å². The second-order valence-corrected chi connectivity index (χ2v) is 4.40. The van der Waals surface area contributed by atoms with E-state index in [9.17, 15) is 10.1 Å². The van der Waals surface area contributed by atoms with Crippen molar-refractivity contribution in [3.8, 4) is 6.07 Å². The van der Waals surface area contributed by atoms with Gasteiger partial charge in [-0.1, -0.05) is 12.1 Å². The van der Waals surface area contributed by atoms with Crippen LogP contribution in [0, 0.1) is 21.4 Å². The van der Waals surface area contributed by atoms with E-state index in [-0.39, 0.29) is 11.7 Å². The molecule has 0 aromatic heterocycles. The summed E-state index contributed by atoms with van der Waals surface area (Å²) in [5, 5.41) is 22.8. The minimum absolute atomic E-state index is 0.0491. The minimum atomic E-state index is -0.434. The second-order valence-electron chi connectivity index (χ2n) is 4.40. The van der Waals surface area contributed by atoms with Crippen LogP contribution in [0.5, 0.6) is 0 Å². The number of nitro benzene ring substituents is 1. The number of nitrogens with one attached hydrogen (secondary N) is 1. The molecule has 0 amide bonds.